The van der Waals surface area contributed by atoms with Crippen LogP contribution in [0.25, 0.3) is 5.65 Å². The number of anilines is 2. The van der Waals surface area contributed by atoms with Crippen LogP contribution in [-0.2, 0) is 21.7 Å². The Labute approximate surface area is 223 Å². The van der Waals surface area contributed by atoms with Crippen LogP contribution in [0.15, 0.2) is 55.1 Å². The highest BCUT2D eigenvalue weighted by molar-refractivity contribution is 6.30. The van der Waals surface area contributed by atoms with Gasteiger partial charge in [-0.3, -0.25) is 4.79 Å². The summed E-state index contributed by atoms with van der Waals surface area (Å²) >= 11 is 6.09. The van der Waals surface area contributed by atoms with Gasteiger partial charge in [0, 0.05) is 35.0 Å². The van der Waals surface area contributed by atoms with Crippen LogP contribution in [0, 0.1) is 5.92 Å². The van der Waals surface area contributed by atoms with E-state index in [9.17, 15) is 4.79 Å². The Bertz CT molecular complexity index is 1550. The summed E-state index contributed by atoms with van der Waals surface area (Å²) in [7, 11) is 0. The molecule has 2 saturated carbocycles. The van der Waals surface area contributed by atoms with E-state index in [1.54, 1.807) is 6.07 Å². The number of hydrogen-bond donors (Lipinski definition) is 2. The Morgan fingerprint density at radius 2 is 1.97 bits per heavy atom. The zero-order chi connectivity index (χ0) is 25.9. The first-order valence-electron chi connectivity index (χ1n) is 12.9. The van der Waals surface area contributed by atoms with Gasteiger partial charge in [0.05, 0.1) is 25.5 Å². The molecule has 1 amide bonds. The van der Waals surface area contributed by atoms with Crippen molar-refractivity contribution in [1.29, 1.82) is 0 Å². The van der Waals surface area contributed by atoms with Gasteiger partial charge in [0.1, 0.15) is 23.6 Å². The number of rotatable bonds is 8. The Kier molecular flexibility index (Phi) is 5.59. The summed E-state index contributed by atoms with van der Waals surface area (Å²) in [5, 5.41) is 6.82. The average molecular weight is 533 g/mol. The lowest BCUT2D eigenvalue weighted by Gasteiger charge is -2.34. The molecule has 1 aromatic carbocycles. The molecule has 1 saturated heterocycles. The van der Waals surface area contributed by atoms with Gasteiger partial charge in [-0.05, 0) is 60.4 Å². The molecule has 38 heavy (non-hydrogen) atoms. The number of halogens is 2. The molecule has 194 valence electrons. The van der Waals surface area contributed by atoms with Crippen LogP contribution < -0.4 is 10.6 Å². The SMILES string of the molecule is O=C(Nc1cc(NCc2cn3cc(C4CC4)cc(C4(F)COC4)c3n2)ncn1)C1CC1c1cccc(Cl)c1. The number of imidazole rings is 1. The van der Waals surface area contributed by atoms with E-state index in [1.807, 2.05) is 40.9 Å². The molecule has 3 aromatic heterocycles. The van der Waals surface area contributed by atoms with Crippen LogP contribution in [-0.4, -0.2) is 38.5 Å². The predicted molar refractivity (Wildman–Crippen MR) is 141 cm³/mol. The Morgan fingerprint density at radius 1 is 1.13 bits per heavy atom. The molecule has 2 unspecified atom stereocenters. The molecule has 4 heterocycles. The number of carbonyl (C=O) groups is 1. The van der Waals surface area contributed by atoms with Gasteiger partial charge < -0.3 is 19.8 Å². The third kappa shape index (κ3) is 4.50. The number of alkyl halides is 1. The van der Waals surface area contributed by atoms with E-state index in [-0.39, 0.29) is 31.0 Å². The molecular formula is C28H26ClFN6O2. The molecule has 7 rings (SSSR count). The van der Waals surface area contributed by atoms with Crippen LogP contribution in [0.2, 0.25) is 5.02 Å². The van der Waals surface area contributed by atoms with Crippen molar-refractivity contribution in [2.75, 3.05) is 23.8 Å². The molecule has 2 N–H and O–H groups in total. The number of nitrogens with one attached hydrogen (secondary N) is 2. The van der Waals surface area contributed by atoms with Crippen LogP contribution >= 0.6 is 11.6 Å². The lowest BCUT2D eigenvalue weighted by Crippen LogP contribution is -2.43. The van der Waals surface area contributed by atoms with Crippen molar-refractivity contribution in [3.05, 3.63) is 82.5 Å². The van der Waals surface area contributed by atoms with Crippen LogP contribution in [0.4, 0.5) is 16.0 Å². The first kappa shape index (κ1) is 23.5. The molecule has 3 fully saturated rings. The quantitative estimate of drug-likeness (QED) is 0.324. The Morgan fingerprint density at radius 3 is 2.74 bits per heavy atom. The molecule has 3 aliphatic rings. The van der Waals surface area contributed by atoms with Crippen LogP contribution in [0.3, 0.4) is 0 Å². The van der Waals surface area contributed by atoms with Gasteiger partial charge in [0.15, 0.2) is 5.67 Å². The summed E-state index contributed by atoms with van der Waals surface area (Å²) in [5.74, 6) is 1.48. The van der Waals surface area contributed by atoms with E-state index in [0.29, 0.717) is 40.3 Å². The van der Waals surface area contributed by atoms with Crippen molar-refractivity contribution in [1.82, 2.24) is 19.4 Å². The zero-order valence-corrected chi connectivity index (χ0v) is 21.3. The largest absolute Gasteiger partial charge is 0.374 e. The summed E-state index contributed by atoms with van der Waals surface area (Å²) in [5.41, 5.74) is 2.71. The van der Waals surface area contributed by atoms with Crippen molar-refractivity contribution in [2.45, 2.75) is 43.3 Å². The fourth-order valence-electron chi connectivity index (χ4n) is 5.18. The van der Waals surface area contributed by atoms with E-state index in [2.05, 4.69) is 26.8 Å². The van der Waals surface area contributed by atoms with Gasteiger partial charge in [-0.1, -0.05) is 23.7 Å². The normalized spacial score (nSPS) is 21.6. The number of aromatic nitrogens is 4. The first-order chi connectivity index (χ1) is 18.4. The second-order valence-electron chi connectivity index (χ2n) is 10.5. The van der Waals surface area contributed by atoms with E-state index >= 15 is 4.39 Å². The fourth-order valence-corrected chi connectivity index (χ4v) is 5.37. The van der Waals surface area contributed by atoms with E-state index in [4.69, 9.17) is 21.3 Å². The van der Waals surface area contributed by atoms with Gasteiger partial charge in [0.2, 0.25) is 5.91 Å². The van der Waals surface area contributed by atoms with Gasteiger partial charge in [-0.25, -0.2) is 19.3 Å². The summed E-state index contributed by atoms with van der Waals surface area (Å²) in [4.78, 5) is 26.0. The lowest BCUT2D eigenvalue weighted by molar-refractivity contribution is -0.134. The number of hydrogen-bond acceptors (Lipinski definition) is 6. The monoisotopic (exact) mass is 532 g/mol. The van der Waals surface area contributed by atoms with Crippen LogP contribution in [0.1, 0.15) is 53.5 Å². The maximum Gasteiger partial charge on any atom is 0.229 e. The minimum absolute atomic E-state index is 0.0629. The smallest absolute Gasteiger partial charge is 0.229 e. The van der Waals surface area contributed by atoms with E-state index in [0.717, 1.165) is 36.1 Å². The minimum Gasteiger partial charge on any atom is -0.374 e. The Balaban J connectivity index is 1.03. The highest BCUT2D eigenvalue weighted by Crippen LogP contribution is 2.48. The summed E-state index contributed by atoms with van der Waals surface area (Å²) in [6.07, 6.45) is 8.45. The lowest BCUT2D eigenvalue weighted by atomic mass is 9.93. The molecule has 10 heteroatoms. The van der Waals surface area contributed by atoms with Gasteiger partial charge in [0.25, 0.3) is 0 Å². The summed E-state index contributed by atoms with van der Waals surface area (Å²) in [6, 6.07) is 11.3. The van der Waals surface area contributed by atoms with Crippen LogP contribution in [0.5, 0.6) is 0 Å². The molecule has 0 bridgehead atoms. The van der Waals surface area contributed by atoms with Gasteiger partial charge >= 0.3 is 0 Å². The second-order valence-corrected chi connectivity index (χ2v) is 11.0. The van der Waals surface area contributed by atoms with Crippen molar-refractivity contribution >= 4 is 34.8 Å². The standard InChI is InChI=1S/C28H26ClFN6O2/c29-19-3-1-2-17(6-19)21-8-22(21)27(37)35-25-9-24(32-15-33-25)31-10-20-12-36-11-18(16-4-5-16)7-23(26(36)34-20)28(30)13-38-14-28/h1-3,6-7,9,11-12,15-16,21-22H,4-5,8,10,13-14H2,(H2,31,32,33,35,37). The molecular weight excluding hydrogens is 507 g/mol. The third-order valence-corrected chi connectivity index (χ3v) is 7.82. The molecule has 0 radical (unpaired) electrons. The number of pyridine rings is 1. The van der Waals surface area contributed by atoms with E-state index in [1.165, 1.54) is 6.33 Å². The molecule has 1 aliphatic heterocycles. The molecule has 4 aromatic rings. The number of benzene rings is 1. The van der Waals surface area contributed by atoms with E-state index < -0.39 is 5.67 Å². The fraction of sp³-hybridized carbons (Fsp3) is 0.357. The highest BCUT2D eigenvalue weighted by Gasteiger charge is 2.44. The molecule has 0 spiro atoms. The average Bonchev–Trinajstić information content (AvgIpc) is 3.82. The summed E-state index contributed by atoms with van der Waals surface area (Å²) < 4.78 is 22.5. The van der Waals surface area contributed by atoms with Crippen molar-refractivity contribution in [3.8, 4) is 0 Å². The molecule has 2 atom stereocenters. The van der Waals surface area contributed by atoms with Crippen molar-refractivity contribution in [2.24, 2.45) is 5.92 Å². The summed E-state index contributed by atoms with van der Waals surface area (Å²) in [6.45, 7) is 0.514. The third-order valence-electron chi connectivity index (χ3n) is 7.59. The first-order valence-corrected chi connectivity index (χ1v) is 13.2. The number of amides is 1. The predicted octanol–water partition coefficient (Wildman–Crippen LogP) is 5.20. The van der Waals surface area contributed by atoms with Crippen molar-refractivity contribution < 1.29 is 13.9 Å². The Hall–Kier alpha value is -3.56. The number of fused-ring (bicyclic) bond motifs is 1. The molecule has 2 aliphatic carbocycles. The maximum atomic E-state index is 15.4. The van der Waals surface area contributed by atoms with Gasteiger partial charge in [-0.2, -0.15) is 0 Å². The number of ether oxygens (including phenoxy) is 1. The topological polar surface area (TPSA) is 93.4 Å². The number of nitrogens with zero attached hydrogens (tertiary/aromatic N) is 4. The highest BCUT2D eigenvalue weighted by atomic mass is 35.5. The minimum atomic E-state index is -1.49. The zero-order valence-electron chi connectivity index (χ0n) is 20.5. The molecule has 8 nitrogen and oxygen atoms in total. The maximum absolute atomic E-state index is 15.4. The number of carbonyl (C=O) groups excluding carboxylic acids is 1. The van der Waals surface area contributed by atoms with Crippen molar-refractivity contribution in [3.63, 3.8) is 0 Å². The van der Waals surface area contributed by atoms with Gasteiger partial charge in [-0.15, -0.1) is 0 Å². The second kappa shape index (κ2) is 9.03.